The second kappa shape index (κ2) is 18.4. The molecule has 27 heteroatoms. The van der Waals surface area contributed by atoms with Gasteiger partial charge in [0.15, 0.2) is 37.7 Å². The molecule has 0 aliphatic heterocycles. The molecule has 0 aliphatic rings. The molecule has 0 bridgehead atoms. The van der Waals surface area contributed by atoms with Gasteiger partial charge in [0.1, 0.15) is 28.6 Å². The summed E-state index contributed by atoms with van der Waals surface area (Å²) in [6.07, 6.45) is 0. The first-order valence-corrected chi connectivity index (χ1v) is 18.4. The fraction of sp³-hybridized carbons (Fsp3) is 0.182. The van der Waals surface area contributed by atoms with Crippen LogP contribution >= 0.6 is 24.6 Å². The second-order valence-electron chi connectivity index (χ2n) is 8.57. The Morgan fingerprint density at radius 1 is 0.633 bits per heavy atom. The first kappa shape index (κ1) is 39.9. The summed E-state index contributed by atoms with van der Waals surface area (Å²) in [5, 5.41) is 59.1. The number of benzene rings is 3. The lowest BCUT2D eigenvalue weighted by atomic mass is 10.2. The third-order valence-corrected chi connectivity index (χ3v) is 9.98. The van der Waals surface area contributed by atoms with Gasteiger partial charge in [0, 0.05) is 18.2 Å². The van der Waals surface area contributed by atoms with Crippen molar-refractivity contribution >= 4 is 77.5 Å². The first-order chi connectivity index (χ1) is 23.1. The van der Waals surface area contributed by atoms with Crippen LogP contribution in [-0.2, 0) is 57.2 Å². The van der Waals surface area contributed by atoms with Crippen molar-refractivity contribution in [3.05, 3.63) is 54.6 Å². The molecule has 49 heavy (non-hydrogen) atoms. The Hall–Kier alpha value is -3.55. The van der Waals surface area contributed by atoms with Gasteiger partial charge in [-0.1, -0.05) is 14.4 Å². The van der Waals surface area contributed by atoms with E-state index in [1.807, 2.05) is 0 Å². The second-order valence-corrected chi connectivity index (χ2v) is 14.8. The fourth-order valence-electron chi connectivity index (χ4n) is 3.25. The number of sulfone groups is 2. The average molecular weight is 791 g/mol. The van der Waals surface area contributed by atoms with Crippen LogP contribution in [0, 0.1) is 0 Å². The van der Waals surface area contributed by atoms with Crippen molar-refractivity contribution in [1.29, 1.82) is 0 Å². The first-order valence-electron chi connectivity index (χ1n) is 12.4. The van der Waals surface area contributed by atoms with Gasteiger partial charge < -0.3 is 14.4 Å². The number of azo groups is 2. The van der Waals surface area contributed by atoms with Crippen LogP contribution in [0.5, 0.6) is 17.2 Å². The van der Waals surface area contributed by atoms with Crippen LogP contribution in [0.2, 0.25) is 0 Å². The van der Waals surface area contributed by atoms with E-state index >= 15 is 0 Å². The van der Waals surface area contributed by atoms with Gasteiger partial charge in [-0.25, -0.2) is 31.5 Å². The van der Waals surface area contributed by atoms with Crippen molar-refractivity contribution in [2.24, 2.45) is 20.5 Å². The molecule has 0 fully saturated rings. The third-order valence-electron chi connectivity index (χ3n) is 5.40. The average Bonchev–Trinajstić information content (AvgIpc) is 3.03. The summed E-state index contributed by atoms with van der Waals surface area (Å²) in [7, 11) is -12.9. The van der Waals surface area contributed by atoms with E-state index in [4.69, 9.17) is 23.4 Å². The molecule has 0 saturated heterocycles. The molecule has 22 nitrogen and oxygen atoms in total. The Labute approximate surface area is 285 Å². The maximum Gasteiger partial charge on any atom is 0.397 e. The molecule has 0 saturated carbocycles. The molecule has 0 unspecified atom stereocenters. The minimum atomic E-state index is -4.89. The highest BCUT2D eigenvalue weighted by Gasteiger charge is 2.20. The lowest BCUT2D eigenvalue weighted by Crippen LogP contribution is -2.15. The maximum absolute atomic E-state index is 12.6. The largest absolute Gasteiger partial charge is 0.505 e. The molecular weight excluding hydrogens is 769 g/mol. The van der Waals surface area contributed by atoms with Crippen LogP contribution in [0.15, 0.2) is 84.8 Å². The smallest absolute Gasteiger partial charge is 0.397 e. The molecule has 0 amide bonds. The number of nitrogens with zero attached hydrogens (tertiary/aromatic N) is 4. The van der Waals surface area contributed by atoms with E-state index in [0.717, 1.165) is 30.3 Å². The predicted octanol–water partition coefficient (Wildman–Crippen LogP) is 4.66. The van der Waals surface area contributed by atoms with E-state index in [0.29, 0.717) is 0 Å². The predicted molar refractivity (Wildman–Crippen MR) is 164 cm³/mol. The van der Waals surface area contributed by atoms with Crippen LogP contribution in [0.4, 0.5) is 22.7 Å². The fourth-order valence-corrected chi connectivity index (χ4v) is 6.42. The molecular formula is C22H22N4O18S5. The van der Waals surface area contributed by atoms with E-state index in [1.165, 1.54) is 24.3 Å². The van der Waals surface area contributed by atoms with Crippen molar-refractivity contribution in [3.63, 3.8) is 0 Å². The Balaban J connectivity index is 1.80. The summed E-state index contributed by atoms with van der Waals surface area (Å²) in [5.41, 5.74) is -0.480. The van der Waals surface area contributed by atoms with Gasteiger partial charge in [0.05, 0.1) is 40.2 Å². The Morgan fingerprint density at radius 2 is 1.18 bits per heavy atom. The Morgan fingerprint density at radius 3 is 1.82 bits per heavy atom. The molecule has 0 heterocycles. The lowest BCUT2D eigenvalue weighted by molar-refractivity contribution is -0.434. The van der Waals surface area contributed by atoms with Gasteiger partial charge in [0.25, 0.3) is 12.3 Å². The van der Waals surface area contributed by atoms with Crippen LogP contribution in [0.1, 0.15) is 0 Å². The van der Waals surface area contributed by atoms with Crippen LogP contribution < -0.4 is 4.18 Å². The molecule has 268 valence electrons. The van der Waals surface area contributed by atoms with Gasteiger partial charge in [0.2, 0.25) is 0 Å². The minimum Gasteiger partial charge on any atom is -0.505 e. The Kier molecular flexibility index (Phi) is 15.0. The third kappa shape index (κ3) is 13.0. The minimum absolute atomic E-state index is 0.0310. The topological polar surface area (TPSA) is 318 Å². The zero-order valence-corrected chi connectivity index (χ0v) is 28.0. The van der Waals surface area contributed by atoms with Crippen molar-refractivity contribution in [2.75, 3.05) is 24.7 Å². The van der Waals surface area contributed by atoms with E-state index in [2.05, 4.69) is 43.4 Å². The molecule has 0 spiro atoms. The summed E-state index contributed by atoms with van der Waals surface area (Å²) in [6, 6.07) is 10.2. The summed E-state index contributed by atoms with van der Waals surface area (Å²) in [6.45, 7) is -1.19. The number of phenols is 2. The number of phenolic OH excluding ortho intramolecular Hbond substituents is 2. The van der Waals surface area contributed by atoms with E-state index < -0.39 is 64.6 Å². The maximum atomic E-state index is 12.6. The summed E-state index contributed by atoms with van der Waals surface area (Å²) >= 11 is 0.260. The summed E-state index contributed by atoms with van der Waals surface area (Å²) in [5.74, 6) is -2.74. The highest BCUT2D eigenvalue weighted by atomic mass is 32.3. The molecule has 3 aromatic rings. The Bertz CT molecular complexity index is 1960. The molecule has 0 aromatic heterocycles. The lowest BCUT2D eigenvalue weighted by Gasteiger charge is -2.09. The SMILES string of the molecule is O=S(=O)(O)OCCS(=O)(=O)c1ccc(N=Nc2cc(N=Nc3ccc(S(=O)(=O)CCOSOOO)cc3)c(O)cc2O)c(OSOOO)c1. The quantitative estimate of drug-likeness (QED) is 0.0259. The molecule has 0 atom stereocenters. The highest BCUT2D eigenvalue weighted by molar-refractivity contribution is 7.92. The molecule has 0 aliphatic carbocycles. The molecule has 3 aromatic carbocycles. The monoisotopic (exact) mass is 790 g/mol. The van der Waals surface area contributed by atoms with Crippen molar-refractivity contribution < 1.29 is 81.8 Å². The van der Waals surface area contributed by atoms with Crippen molar-refractivity contribution in [2.45, 2.75) is 9.79 Å². The van der Waals surface area contributed by atoms with E-state index in [1.54, 1.807) is 0 Å². The summed E-state index contributed by atoms with van der Waals surface area (Å²) in [4.78, 5) is -0.483. The standard InChI is InChI=1S/C22H22N4O18S5/c27-20-13-21(28)19(12-18(20)25-23-14-1-3-15(4-2-14)47(31,32)9-7-38-45-43-41-29)26-24-17-6-5-16(11-22(17)40-46-44-42-30)48(33,34)10-8-39-49(35,36)37/h1-6,11-13,27-30H,7-10H2,(H,35,36,37). The molecule has 3 rings (SSSR count). The van der Waals surface area contributed by atoms with Gasteiger partial charge in [-0.05, 0) is 36.4 Å². The molecule has 0 radical (unpaired) electrons. The number of aromatic hydroxyl groups is 2. The van der Waals surface area contributed by atoms with E-state index in [9.17, 15) is 35.5 Å². The van der Waals surface area contributed by atoms with Crippen LogP contribution in [-0.4, -0.2) is 75.3 Å². The number of rotatable bonds is 20. The normalized spacial score (nSPS) is 12.6. The van der Waals surface area contributed by atoms with Gasteiger partial charge in [-0.15, -0.1) is 19.7 Å². The number of hydrogen-bond donors (Lipinski definition) is 5. The van der Waals surface area contributed by atoms with Gasteiger partial charge in [-0.3, -0.25) is 8.74 Å². The zero-order valence-electron chi connectivity index (χ0n) is 23.9. The van der Waals surface area contributed by atoms with Gasteiger partial charge >= 0.3 is 10.4 Å². The zero-order chi connectivity index (χ0) is 36.1. The van der Waals surface area contributed by atoms with E-state index in [-0.39, 0.29) is 64.6 Å². The molecule has 5 N–H and O–H groups in total. The van der Waals surface area contributed by atoms with Crippen LogP contribution in [0.3, 0.4) is 0 Å². The highest BCUT2D eigenvalue weighted by Crippen LogP contribution is 2.41. The number of hydrogen-bond acceptors (Lipinski definition) is 23. The van der Waals surface area contributed by atoms with Gasteiger partial charge in [-0.2, -0.15) is 13.5 Å². The van der Waals surface area contributed by atoms with Crippen molar-refractivity contribution in [1.82, 2.24) is 0 Å². The van der Waals surface area contributed by atoms with Crippen LogP contribution in [0.25, 0.3) is 0 Å². The summed E-state index contributed by atoms with van der Waals surface area (Å²) < 4.78 is 102. The van der Waals surface area contributed by atoms with Crippen molar-refractivity contribution in [3.8, 4) is 17.2 Å².